The van der Waals surface area contributed by atoms with Crippen molar-refractivity contribution in [1.82, 2.24) is 15.2 Å². The van der Waals surface area contributed by atoms with Crippen molar-refractivity contribution in [2.24, 2.45) is 0 Å². The standard InChI is InChI=1S/C11H11N5O3/c1-6(17)12-7-3-2-4-8(5-7)13-10(18)9-14-11(19)16-15-9/h2-5H,1H3,(H,12,17)(H,13,18)(H2,14,15,16,19). The second kappa shape index (κ2) is 5.17. The molecule has 98 valence electrons. The van der Waals surface area contributed by atoms with Gasteiger partial charge in [-0.2, -0.15) is 0 Å². The molecule has 0 saturated heterocycles. The van der Waals surface area contributed by atoms with E-state index in [0.717, 1.165) is 0 Å². The Morgan fingerprint density at radius 3 is 2.47 bits per heavy atom. The summed E-state index contributed by atoms with van der Waals surface area (Å²) in [5.41, 5.74) is 0.470. The van der Waals surface area contributed by atoms with E-state index in [9.17, 15) is 14.4 Å². The fourth-order valence-corrected chi connectivity index (χ4v) is 1.45. The summed E-state index contributed by atoms with van der Waals surface area (Å²) in [5, 5.41) is 10.7. The topological polar surface area (TPSA) is 120 Å². The molecular formula is C11H11N5O3. The van der Waals surface area contributed by atoms with Crippen LogP contribution in [0.2, 0.25) is 0 Å². The highest BCUT2D eigenvalue weighted by atomic mass is 16.2. The van der Waals surface area contributed by atoms with Gasteiger partial charge in [0.05, 0.1) is 0 Å². The number of anilines is 2. The van der Waals surface area contributed by atoms with Gasteiger partial charge >= 0.3 is 5.69 Å². The molecule has 0 atom stereocenters. The van der Waals surface area contributed by atoms with Crippen LogP contribution in [0.15, 0.2) is 29.1 Å². The lowest BCUT2D eigenvalue weighted by molar-refractivity contribution is -0.114. The molecule has 1 aromatic carbocycles. The SMILES string of the molecule is CC(=O)Nc1cccc(NC(=O)c2n[nH]c(=O)[nH]2)c1. The van der Waals surface area contributed by atoms with Crippen molar-refractivity contribution in [1.29, 1.82) is 0 Å². The monoisotopic (exact) mass is 261 g/mol. The molecule has 8 heteroatoms. The lowest BCUT2D eigenvalue weighted by Crippen LogP contribution is -2.15. The normalized spacial score (nSPS) is 9.95. The number of carbonyl (C=O) groups is 2. The first-order valence-corrected chi connectivity index (χ1v) is 5.38. The van der Waals surface area contributed by atoms with Crippen LogP contribution in [-0.4, -0.2) is 27.0 Å². The molecule has 0 aliphatic carbocycles. The molecule has 0 saturated carbocycles. The molecule has 19 heavy (non-hydrogen) atoms. The highest BCUT2D eigenvalue weighted by Crippen LogP contribution is 2.15. The van der Waals surface area contributed by atoms with Crippen LogP contribution in [0.1, 0.15) is 17.5 Å². The van der Waals surface area contributed by atoms with Crippen LogP contribution in [0.3, 0.4) is 0 Å². The molecule has 0 unspecified atom stereocenters. The predicted octanol–water partition coefficient (Wildman–Crippen LogP) is 0.309. The highest BCUT2D eigenvalue weighted by Gasteiger charge is 2.10. The summed E-state index contributed by atoms with van der Waals surface area (Å²) >= 11 is 0. The number of nitrogens with one attached hydrogen (secondary N) is 4. The number of benzene rings is 1. The molecule has 2 rings (SSSR count). The highest BCUT2D eigenvalue weighted by molar-refractivity contribution is 6.01. The Balaban J connectivity index is 2.12. The van der Waals surface area contributed by atoms with Gasteiger partial charge in [-0.25, -0.2) is 9.89 Å². The van der Waals surface area contributed by atoms with Crippen molar-refractivity contribution < 1.29 is 9.59 Å². The summed E-state index contributed by atoms with van der Waals surface area (Å²) < 4.78 is 0. The summed E-state index contributed by atoms with van der Waals surface area (Å²) in [5.74, 6) is -0.881. The third-order valence-corrected chi connectivity index (χ3v) is 2.16. The van der Waals surface area contributed by atoms with Gasteiger partial charge in [0.15, 0.2) is 0 Å². The zero-order chi connectivity index (χ0) is 13.8. The Hall–Kier alpha value is -2.90. The van der Waals surface area contributed by atoms with Gasteiger partial charge in [0.2, 0.25) is 11.7 Å². The average molecular weight is 261 g/mol. The smallest absolute Gasteiger partial charge is 0.326 e. The fourth-order valence-electron chi connectivity index (χ4n) is 1.45. The van der Waals surface area contributed by atoms with E-state index in [1.165, 1.54) is 6.92 Å². The van der Waals surface area contributed by atoms with Crippen LogP contribution >= 0.6 is 0 Å². The number of H-pyrrole nitrogens is 2. The van der Waals surface area contributed by atoms with Gasteiger partial charge in [0.25, 0.3) is 5.91 Å². The molecule has 0 bridgehead atoms. The minimum Gasteiger partial charge on any atom is -0.326 e. The van der Waals surface area contributed by atoms with Gasteiger partial charge in [-0.1, -0.05) is 6.07 Å². The van der Waals surface area contributed by atoms with Gasteiger partial charge in [0.1, 0.15) is 0 Å². The number of hydrogen-bond acceptors (Lipinski definition) is 4. The van der Waals surface area contributed by atoms with E-state index in [1.807, 2.05) is 0 Å². The maximum Gasteiger partial charge on any atom is 0.341 e. The zero-order valence-corrected chi connectivity index (χ0v) is 9.98. The molecule has 0 radical (unpaired) electrons. The van der Waals surface area contributed by atoms with Gasteiger partial charge < -0.3 is 10.6 Å². The van der Waals surface area contributed by atoms with Crippen LogP contribution < -0.4 is 16.3 Å². The van der Waals surface area contributed by atoms with E-state index in [0.29, 0.717) is 11.4 Å². The maximum absolute atomic E-state index is 11.7. The third kappa shape index (κ3) is 3.28. The Bertz CT molecular complexity index is 673. The molecule has 0 aliphatic rings. The van der Waals surface area contributed by atoms with E-state index in [2.05, 4.69) is 25.8 Å². The summed E-state index contributed by atoms with van der Waals surface area (Å²) in [6.07, 6.45) is 0. The number of aromatic amines is 2. The lowest BCUT2D eigenvalue weighted by atomic mass is 10.2. The van der Waals surface area contributed by atoms with Crippen LogP contribution in [0, 0.1) is 0 Å². The predicted molar refractivity (Wildman–Crippen MR) is 67.9 cm³/mol. The first-order chi connectivity index (χ1) is 9.04. The molecule has 1 heterocycles. The molecule has 2 aromatic rings. The quantitative estimate of drug-likeness (QED) is 0.635. The molecule has 4 N–H and O–H groups in total. The van der Waals surface area contributed by atoms with Crippen molar-refractivity contribution in [3.8, 4) is 0 Å². The molecular weight excluding hydrogens is 250 g/mol. The van der Waals surface area contributed by atoms with E-state index in [-0.39, 0.29) is 11.7 Å². The fraction of sp³-hybridized carbons (Fsp3) is 0.0909. The van der Waals surface area contributed by atoms with Gasteiger partial charge in [-0.3, -0.25) is 14.6 Å². The first kappa shape index (κ1) is 12.6. The van der Waals surface area contributed by atoms with Crippen molar-refractivity contribution in [3.63, 3.8) is 0 Å². The number of rotatable bonds is 3. The molecule has 2 amide bonds. The van der Waals surface area contributed by atoms with E-state index in [1.54, 1.807) is 24.3 Å². The maximum atomic E-state index is 11.7. The van der Waals surface area contributed by atoms with E-state index in [4.69, 9.17) is 0 Å². The van der Waals surface area contributed by atoms with Crippen LogP contribution in [0.4, 0.5) is 11.4 Å². The molecule has 0 fully saturated rings. The summed E-state index contributed by atoms with van der Waals surface area (Å²) in [6, 6.07) is 6.60. The average Bonchev–Trinajstić information content (AvgIpc) is 2.75. The summed E-state index contributed by atoms with van der Waals surface area (Å²) in [7, 11) is 0. The van der Waals surface area contributed by atoms with Gasteiger partial charge in [0, 0.05) is 18.3 Å². The number of amides is 2. The van der Waals surface area contributed by atoms with E-state index >= 15 is 0 Å². The first-order valence-electron chi connectivity index (χ1n) is 5.38. The second-order valence-electron chi connectivity index (χ2n) is 3.74. The Morgan fingerprint density at radius 1 is 1.21 bits per heavy atom. The van der Waals surface area contributed by atoms with Crippen molar-refractivity contribution in [3.05, 3.63) is 40.6 Å². The van der Waals surface area contributed by atoms with Crippen molar-refractivity contribution in [2.75, 3.05) is 10.6 Å². The zero-order valence-electron chi connectivity index (χ0n) is 9.98. The molecule has 8 nitrogen and oxygen atoms in total. The van der Waals surface area contributed by atoms with Crippen molar-refractivity contribution in [2.45, 2.75) is 6.92 Å². The Morgan fingerprint density at radius 2 is 1.89 bits per heavy atom. The second-order valence-corrected chi connectivity index (χ2v) is 3.74. The molecule has 0 aliphatic heterocycles. The van der Waals surface area contributed by atoms with Crippen LogP contribution in [-0.2, 0) is 4.79 Å². The van der Waals surface area contributed by atoms with Crippen LogP contribution in [0.5, 0.6) is 0 Å². The molecule has 1 aromatic heterocycles. The minimum absolute atomic E-state index is 0.116. The summed E-state index contributed by atoms with van der Waals surface area (Å²) in [6.45, 7) is 1.39. The van der Waals surface area contributed by atoms with Crippen molar-refractivity contribution >= 4 is 23.2 Å². The molecule has 0 spiro atoms. The number of carbonyl (C=O) groups excluding carboxylic acids is 2. The minimum atomic E-state index is -0.558. The van der Waals surface area contributed by atoms with E-state index < -0.39 is 11.6 Å². The lowest BCUT2D eigenvalue weighted by Gasteiger charge is -2.06. The van der Waals surface area contributed by atoms with Gasteiger partial charge in [-0.05, 0) is 18.2 Å². The largest absolute Gasteiger partial charge is 0.341 e. The van der Waals surface area contributed by atoms with Gasteiger partial charge in [-0.15, -0.1) is 5.10 Å². The third-order valence-electron chi connectivity index (χ3n) is 2.16. The number of hydrogen-bond donors (Lipinski definition) is 4. The number of nitrogens with zero attached hydrogens (tertiary/aromatic N) is 1. The Labute approximate surface area is 107 Å². The summed E-state index contributed by atoms with van der Waals surface area (Å²) in [4.78, 5) is 35.7. The van der Waals surface area contributed by atoms with Crippen LogP contribution in [0.25, 0.3) is 0 Å². The number of aromatic nitrogens is 3. The Kier molecular flexibility index (Phi) is 3.42.